The number of hydrogen-bond donors (Lipinski definition) is 2. The van der Waals surface area contributed by atoms with Crippen molar-refractivity contribution in [2.24, 2.45) is 5.41 Å². The molecule has 1 aliphatic carbocycles. The lowest BCUT2D eigenvalue weighted by atomic mass is 10.1. The van der Waals surface area contributed by atoms with Crippen LogP contribution in [0.15, 0.2) is 24.3 Å². The molecule has 7 nitrogen and oxygen atoms in total. The van der Waals surface area contributed by atoms with Crippen molar-refractivity contribution in [3.63, 3.8) is 0 Å². The fourth-order valence-electron chi connectivity index (χ4n) is 2.49. The molecule has 2 aromatic rings. The number of carbonyl (C=O) groups excluding carboxylic acids is 1. The number of amides is 1. The number of carboxylic acids is 1. The van der Waals surface area contributed by atoms with E-state index in [0.29, 0.717) is 18.5 Å². The second-order valence-corrected chi connectivity index (χ2v) is 6.04. The number of benzene rings is 1. The van der Waals surface area contributed by atoms with Crippen molar-refractivity contribution in [2.45, 2.75) is 26.7 Å². The second kappa shape index (κ2) is 5.49. The lowest BCUT2D eigenvalue weighted by molar-refractivity contribution is -0.143. The quantitative estimate of drug-likeness (QED) is 0.871. The van der Waals surface area contributed by atoms with E-state index in [1.807, 2.05) is 31.2 Å². The SMILES string of the molecule is Cc1cccc(-n2nnc(C(=O)NCC3(C(=O)O)CC3)c2C)c1. The zero-order valence-electron chi connectivity index (χ0n) is 13.0. The van der Waals surface area contributed by atoms with Gasteiger partial charge in [-0.2, -0.15) is 0 Å². The molecule has 1 amide bonds. The fraction of sp³-hybridized carbons (Fsp3) is 0.375. The van der Waals surface area contributed by atoms with Gasteiger partial charge in [-0.25, -0.2) is 4.68 Å². The maximum absolute atomic E-state index is 12.3. The molecule has 0 atom stereocenters. The van der Waals surface area contributed by atoms with Crippen molar-refractivity contribution in [2.75, 3.05) is 6.54 Å². The topological polar surface area (TPSA) is 97.1 Å². The monoisotopic (exact) mass is 314 g/mol. The first-order valence-corrected chi connectivity index (χ1v) is 7.44. The molecule has 3 rings (SSSR count). The van der Waals surface area contributed by atoms with Crippen LogP contribution in [-0.4, -0.2) is 38.5 Å². The maximum Gasteiger partial charge on any atom is 0.311 e. The van der Waals surface area contributed by atoms with Crippen LogP contribution in [-0.2, 0) is 4.79 Å². The first-order valence-electron chi connectivity index (χ1n) is 7.44. The Hall–Kier alpha value is -2.70. The van der Waals surface area contributed by atoms with Crippen molar-refractivity contribution in [1.82, 2.24) is 20.3 Å². The van der Waals surface area contributed by atoms with E-state index in [1.165, 1.54) is 0 Å². The van der Waals surface area contributed by atoms with Gasteiger partial charge in [0.05, 0.1) is 16.8 Å². The summed E-state index contributed by atoms with van der Waals surface area (Å²) in [6.07, 6.45) is 1.19. The highest BCUT2D eigenvalue weighted by molar-refractivity contribution is 5.93. The van der Waals surface area contributed by atoms with Crippen LogP contribution < -0.4 is 5.32 Å². The van der Waals surface area contributed by atoms with Crippen LogP contribution in [0.4, 0.5) is 0 Å². The average Bonchev–Trinajstić information content (AvgIpc) is 3.21. The first-order chi connectivity index (χ1) is 10.9. The predicted molar refractivity (Wildman–Crippen MR) is 82.5 cm³/mol. The summed E-state index contributed by atoms with van der Waals surface area (Å²) < 4.78 is 1.60. The zero-order valence-corrected chi connectivity index (χ0v) is 13.0. The van der Waals surface area contributed by atoms with Crippen molar-refractivity contribution in [1.29, 1.82) is 0 Å². The van der Waals surface area contributed by atoms with Gasteiger partial charge in [0.25, 0.3) is 5.91 Å². The number of aryl methyl sites for hydroxylation is 1. The minimum atomic E-state index is -0.863. The molecule has 0 spiro atoms. The number of carbonyl (C=O) groups is 2. The summed E-state index contributed by atoms with van der Waals surface area (Å²) in [5, 5.41) is 19.8. The molecule has 1 saturated carbocycles. The molecule has 1 fully saturated rings. The van der Waals surface area contributed by atoms with Gasteiger partial charge in [-0.1, -0.05) is 17.3 Å². The van der Waals surface area contributed by atoms with Gasteiger partial charge in [0.15, 0.2) is 5.69 Å². The standard InChI is InChI=1S/C16H18N4O3/c1-10-4-3-5-12(8-10)20-11(2)13(18-19-20)14(21)17-9-16(6-7-16)15(22)23/h3-5,8H,6-7,9H2,1-2H3,(H,17,21)(H,22,23). The third-order valence-corrected chi connectivity index (χ3v) is 4.25. The number of aromatic nitrogens is 3. The van der Waals surface area contributed by atoms with Crippen molar-refractivity contribution >= 4 is 11.9 Å². The highest BCUT2D eigenvalue weighted by Gasteiger charge is 2.50. The molecule has 0 aliphatic heterocycles. The van der Waals surface area contributed by atoms with Gasteiger partial charge in [0.1, 0.15) is 0 Å². The van der Waals surface area contributed by atoms with Crippen molar-refractivity contribution in [3.8, 4) is 5.69 Å². The van der Waals surface area contributed by atoms with Crippen LogP contribution in [0.3, 0.4) is 0 Å². The Morgan fingerprint density at radius 2 is 2.09 bits per heavy atom. The second-order valence-electron chi connectivity index (χ2n) is 6.04. The third-order valence-electron chi connectivity index (χ3n) is 4.25. The first kappa shape index (κ1) is 15.2. The van der Waals surface area contributed by atoms with E-state index in [0.717, 1.165) is 11.3 Å². The van der Waals surface area contributed by atoms with E-state index < -0.39 is 17.3 Å². The number of rotatable bonds is 5. The van der Waals surface area contributed by atoms with Gasteiger partial charge in [-0.3, -0.25) is 9.59 Å². The Kier molecular flexibility index (Phi) is 3.63. The minimum Gasteiger partial charge on any atom is -0.481 e. The highest BCUT2D eigenvalue weighted by Crippen LogP contribution is 2.45. The molecule has 1 aromatic heterocycles. The maximum atomic E-state index is 12.3. The zero-order chi connectivity index (χ0) is 16.6. The molecule has 2 N–H and O–H groups in total. The molecule has 0 bridgehead atoms. The summed E-state index contributed by atoms with van der Waals surface area (Å²) in [5.74, 6) is -1.26. The molecule has 0 saturated heterocycles. The number of nitrogens with one attached hydrogen (secondary N) is 1. The lowest BCUT2D eigenvalue weighted by Crippen LogP contribution is -2.34. The summed E-state index contributed by atoms with van der Waals surface area (Å²) in [6.45, 7) is 3.86. The van der Waals surface area contributed by atoms with Crippen LogP contribution in [0, 0.1) is 19.3 Å². The van der Waals surface area contributed by atoms with Crippen LogP contribution in [0.25, 0.3) is 5.69 Å². The lowest BCUT2D eigenvalue weighted by Gasteiger charge is -2.10. The van der Waals surface area contributed by atoms with E-state index in [-0.39, 0.29) is 12.2 Å². The number of hydrogen-bond acceptors (Lipinski definition) is 4. The summed E-state index contributed by atoms with van der Waals surface area (Å²) in [6, 6.07) is 7.73. The highest BCUT2D eigenvalue weighted by atomic mass is 16.4. The molecule has 7 heteroatoms. The molecule has 23 heavy (non-hydrogen) atoms. The van der Waals surface area contributed by atoms with Gasteiger partial charge >= 0.3 is 5.97 Å². The predicted octanol–water partition coefficient (Wildman–Crippen LogP) is 1.48. The molecular formula is C16H18N4O3. The van der Waals surface area contributed by atoms with E-state index in [1.54, 1.807) is 11.6 Å². The third kappa shape index (κ3) is 2.81. The molecule has 1 heterocycles. The van der Waals surface area contributed by atoms with E-state index >= 15 is 0 Å². The molecular weight excluding hydrogens is 296 g/mol. The Labute approximate surface area is 133 Å². The molecule has 1 aromatic carbocycles. The summed E-state index contributed by atoms with van der Waals surface area (Å²) in [4.78, 5) is 23.4. The Morgan fingerprint density at radius 3 is 2.70 bits per heavy atom. The summed E-state index contributed by atoms with van der Waals surface area (Å²) in [5.41, 5.74) is 1.95. The van der Waals surface area contributed by atoms with Gasteiger partial charge in [-0.15, -0.1) is 5.10 Å². The largest absolute Gasteiger partial charge is 0.481 e. The van der Waals surface area contributed by atoms with Crippen molar-refractivity contribution < 1.29 is 14.7 Å². The molecule has 0 radical (unpaired) electrons. The Morgan fingerprint density at radius 1 is 1.35 bits per heavy atom. The van der Waals surface area contributed by atoms with Crippen LogP contribution in [0.5, 0.6) is 0 Å². The van der Waals surface area contributed by atoms with Gasteiger partial charge in [0, 0.05) is 6.54 Å². The number of aliphatic carboxylic acids is 1. The number of nitrogens with zero attached hydrogens (tertiary/aromatic N) is 3. The van der Waals surface area contributed by atoms with Gasteiger partial charge < -0.3 is 10.4 Å². The molecule has 0 unspecified atom stereocenters. The average molecular weight is 314 g/mol. The minimum absolute atomic E-state index is 0.123. The Bertz CT molecular complexity index is 777. The van der Waals surface area contributed by atoms with Crippen LogP contribution >= 0.6 is 0 Å². The fourth-order valence-corrected chi connectivity index (χ4v) is 2.49. The van der Waals surface area contributed by atoms with Gasteiger partial charge in [0.2, 0.25) is 0 Å². The van der Waals surface area contributed by atoms with E-state index in [2.05, 4.69) is 15.6 Å². The smallest absolute Gasteiger partial charge is 0.311 e. The molecule has 1 aliphatic rings. The van der Waals surface area contributed by atoms with E-state index in [4.69, 9.17) is 5.11 Å². The van der Waals surface area contributed by atoms with E-state index in [9.17, 15) is 9.59 Å². The van der Waals surface area contributed by atoms with Gasteiger partial charge in [-0.05, 0) is 44.4 Å². The molecule has 120 valence electrons. The van der Waals surface area contributed by atoms with Crippen molar-refractivity contribution in [3.05, 3.63) is 41.2 Å². The Balaban J connectivity index is 1.76. The summed E-state index contributed by atoms with van der Waals surface area (Å²) in [7, 11) is 0. The number of carboxylic acid groups (broad SMARTS) is 1. The van der Waals surface area contributed by atoms with Crippen LogP contribution in [0.2, 0.25) is 0 Å². The van der Waals surface area contributed by atoms with Crippen LogP contribution in [0.1, 0.15) is 34.6 Å². The normalized spacial score (nSPS) is 15.2. The summed E-state index contributed by atoms with van der Waals surface area (Å²) >= 11 is 0.